The van der Waals surface area contributed by atoms with Crippen LogP contribution in [-0.4, -0.2) is 58.7 Å². The summed E-state index contributed by atoms with van der Waals surface area (Å²) in [6, 6.07) is 6.62. The predicted molar refractivity (Wildman–Crippen MR) is 127 cm³/mol. The molecule has 3 aliphatic heterocycles. The average molecular weight is 457 g/mol. The van der Waals surface area contributed by atoms with Gasteiger partial charge in [-0.1, -0.05) is 12.1 Å². The quantitative estimate of drug-likeness (QED) is 0.711. The van der Waals surface area contributed by atoms with Crippen LogP contribution in [0, 0.1) is 0 Å². The van der Waals surface area contributed by atoms with Gasteiger partial charge < -0.3 is 24.2 Å². The Bertz CT molecular complexity index is 1040. The van der Waals surface area contributed by atoms with Crippen LogP contribution in [0.5, 0.6) is 5.75 Å². The molecule has 172 valence electrons. The number of rotatable bonds is 3. The van der Waals surface area contributed by atoms with Crippen molar-refractivity contribution in [3.8, 4) is 17.1 Å². The van der Waals surface area contributed by atoms with Crippen LogP contribution >= 0.6 is 0 Å². The molecule has 1 aromatic heterocycles. The fourth-order valence-corrected chi connectivity index (χ4v) is 5.36. The second-order valence-electron chi connectivity index (χ2n) is 9.94. The van der Waals surface area contributed by atoms with Gasteiger partial charge >= 0.3 is 0 Å². The van der Waals surface area contributed by atoms with Gasteiger partial charge in [-0.3, -0.25) is 0 Å². The third-order valence-corrected chi connectivity index (χ3v) is 8.67. The summed E-state index contributed by atoms with van der Waals surface area (Å²) < 4.78 is 24.2. The SMILES string of the molecule is C[C@@H]1COCC2(C)COc3c(nc(-c4ccc5c(c4)CCNC5)nc3C(C)(C)[S+](C)[O-])N12. The molecule has 7 nitrogen and oxygen atoms in total. The van der Waals surface area contributed by atoms with E-state index in [4.69, 9.17) is 19.4 Å². The number of anilines is 1. The van der Waals surface area contributed by atoms with Gasteiger partial charge in [-0.05, 0) is 69.0 Å². The molecule has 4 heterocycles. The summed E-state index contributed by atoms with van der Waals surface area (Å²) in [6.07, 6.45) is 2.72. The first-order valence-electron chi connectivity index (χ1n) is 11.3. The molecule has 8 heteroatoms. The third-order valence-electron chi connectivity index (χ3n) is 7.04. The van der Waals surface area contributed by atoms with Gasteiger partial charge in [0.05, 0.1) is 31.1 Å². The molecule has 1 aromatic carbocycles. The van der Waals surface area contributed by atoms with E-state index in [0.29, 0.717) is 37.1 Å². The van der Waals surface area contributed by atoms with Crippen molar-refractivity contribution in [3.63, 3.8) is 0 Å². The molecule has 1 saturated heterocycles. The van der Waals surface area contributed by atoms with Crippen LogP contribution < -0.4 is 15.0 Å². The molecule has 2 unspecified atom stereocenters. The Kier molecular flexibility index (Phi) is 5.40. The molecule has 3 atom stereocenters. The molecule has 32 heavy (non-hydrogen) atoms. The molecule has 1 N–H and O–H groups in total. The first kappa shape index (κ1) is 21.9. The lowest BCUT2D eigenvalue weighted by molar-refractivity contribution is 0.00705. The predicted octanol–water partition coefficient (Wildman–Crippen LogP) is 2.78. The van der Waals surface area contributed by atoms with Gasteiger partial charge in [0.1, 0.15) is 12.3 Å². The number of ether oxygens (including phenoxy) is 2. The topological polar surface area (TPSA) is 82.6 Å². The minimum absolute atomic E-state index is 0.150. The Labute approximate surface area is 193 Å². The molecule has 0 radical (unpaired) electrons. The number of benzene rings is 1. The van der Waals surface area contributed by atoms with Gasteiger partial charge in [-0.15, -0.1) is 0 Å². The van der Waals surface area contributed by atoms with E-state index in [1.165, 1.54) is 11.1 Å². The maximum atomic E-state index is 12.8. The Balaban J connectivity index is 1.71. The number of nitrogens with zero attached hydrogens (tertiary/aromatic N) is 3. The first-order valence-corrected chi connectivity index (χ1v) is 12.9. The number of fused-ring (bicyclic) bond motifs is 4. The van der Waals surface area contributed by atoms with E-state index in [-0.39, 0.29) is 11.6 Å². The molecule has 0 saturated carbocycles. The van der Waals surface area contributed by atoms with Gasteiger partial charge in [0.25, 0.3) is 0 Å². The molecule has 0 aliphatic carbocycles. The largest absolute Gasteiger partial charge is 0.616 e. The fourth-order valence-electron chi connectivity index (χ4n) is 4.95. The van der Waals surface area contributed by atoms with Crippen LogP contribution in [0.1, 0.15) is 44.5 Å². The number of morpholine rings is 1. The van der Waals surface area contributed by atoms with Crippen LogP contribution in [0.3, 0.4) is 0 Å². The highest BCUT2D eigenvalue weighted by Gasteiger charge is 2.48. The van der Waals surface area contributed by atoms with E-state index < -0.39 is 15.9 Å². The highest BCUT2D eigenvalue weighted by atomic mass is 32.2. The van der Waals surface area contributed by atoms with Crippen molar-refractivity contribution in [2.24, 2.45) is 0 Å². The van der Waals surface area contributed by atoms with Gasteiger partial charge in [-0.2, -0.15) is 0 Å². The van der Waals surface area contributed by atoms with Gasteiger partial charge in [0, 0.05) is 12.1 Å². The van der Waals surface area contributed by atoms with Crippen LogP contribution in [0.15, 0.2) is 18.2 Å². The molecule has 0 spiro atoms. The zero-order chi connectivity index (χ0) is 22.7. The summed E-state index contributed by atoms with van der Waals surface area (Å²) in [5.41, 5.74) is 4.05. The monoisotopic (exact) mass is 456 g/mol. The summed E-state index contributed by atoms with van der Waals surface area (Å²) in [5, 5.41) is 3.42. The standard InChI is InChI=1S/C24H32N4O3S/c1-15-12-30-13-24(4)14-31-19-20(23(2,3)32(5)29)26-21(27-22(19)28(15)24)17-6-7-18-11-25-9-8-16(18)10-17/h6-7,10,15,25H,8-9,11-14H2,1-5H3/t15-,24?,32?/m1/s1. The lowest BCUT2D eigenvalue weighted by Crippen LogP contribution is -2.64. The van der Waals surface area contributed by atoms with Crippen molar-refractivity contribution in [1.82, 2.24) is 15.3 Å². The fraction of sp³-hybridized carbons (Fsp3) is 0.583. The third kappa shape index (κ3) is 3.48. The Morgan fingerprint density at radius 3 is 2.84 bits per heavy atom. The summed E-state index contributed by atoms with van der Waals surface area (Å²) in [4.78, 5) is 12.4. The van der Waals surface area contributed by atoms with Crippen LogP contribution in [0.4, 0.5) is 5.82 Å². The molecule has 3 aliphatic rings. The Morgan fingerprint density at radius 1 is 1.25 bits per heavy atom. The Hall–Kier alpha value is -1.87. The molecular weight excluding hydrogens is 424 g/mol. The van der Waals surface area contributed by atoms with Gasteiger partial charge in [-0.25, -0.2) is 9.97 Å². The lowest BCUT2D eigenvalue weighted by Gasteiger charge is -2.51. The van der Waals surface area contributed by atoms with Crippen molar-refractivity contribution >= 4 is 17.0 Å². The summed E-state index contributed by atoms with van der Waals surface area (Å²) in [7, 11) is 0. The van der Waals surface area contributed by atoms with E-state index in [1.54, 1.807) is 6.26 Å². The minimum atomic E-state index is -1.14. The number of nitrogens with one attached hydrogen (secondary N) is 1. The summed E-state index contributed by atoms with van der Waals surface area (Å²) >= 11 is -1.14. The second kappa shape index (κ2) is 7.87. The van der Waals surface area contributed by atoms with Crippen LogP contribution in [0.2, 0.25) is 0 Å². The highest BCUT2D eigenvalue weighted by molar-refractivity contribution is 7.91. The van der Waals surface area contributed by atoms with E-state index in [1.807, 2.05) is 13.8 Å². The van der Waals surface area contributed by atoms with E-state index >= 15 is 0 Å². The summed E-state index contributed by atoms with van der Waals surface area (Å²) in [6.45, 7) is 11.8. The molecule has 0 bridgehead atoms. The molecule has 2 aromatic rings. The summed E-state index contributed by atoms with van der Waals surface area (Å²) in [5.74, 6) is 2.10. The van der Waals surface area contributed by atoms with E-state index in [0.717, 1.165) is 30.9 Å². The van der Waals surface area contributed by atoms with Crippen molar-refractivity contribution < 1.29 is 14.0 Å². The van der Waals surface area contributed by atoms with Crippen molar-refractivity contribution in [3.05, 3.63) is 35.0 Å². The zero-order valence-electron chi connectivity index (χ0n) is 19.5. The number of aromatic nitrogens is 2. The van der Waals surface area contributed by atoms with Crippen LogP contribution in [0.25, 0.3) is 11.4 Å². The maximum absolute atomic E-state index is 12.8. The minimum Gasteiger partial charge on any atom is -0.616 e. The van der Waals surface area contributed by atoms with Crippen LogP contribution in [-0.2, 0) is 33.6 Å². The number of hydrogen-bond acceptors (Lipinski definition) is 7. The lowest BCUT2D eigenvalue weighted by atomic mass is 9.94. The smallest absolute Gasteiger partial charge is 0.189 e. The molecule has 5 rings (SSSR count). The Morgan fingerprint density at radius 2 is 2.06 bits per heavy atom. The highest BCUT2D eigenvalue weighted by Crippen LogP contribution is 2.46. The van der Waals surface area contributed by atoms with E-state index in [9.17, 15) is 4.55 Å². The van der Waals surface area contributed by atoms with Crippen molar-refractivity contribution in [2.75, 3.05) is 37.5 Å². The second-order valence-corrected chi connectivity index (χ2v) is 11.9. The van der Waals surface area contributed by atoms with Crippen molar-refractivity contribution in [1.29, 1.82) is 0 Å². The molecule has 1 fully saturated rings. The zero-order valence-corrected chi connectivity index (χ0v) is 20.3. The van der Waals surface area contributed by atoms with Gasteiger partial charge in [0.15, 0.2) is 22.1 Å². The normalized spacial score (nSPS) is 25.9. The average Bonchev–Trinajstić information content (AvgIpc) is 2.77. The molecule has 0 amide bonds. The maximum Gasteiger partial charge on any atom is 0.189 e. The van der Waals surface area contributed by atoms with E-state index in [2.05, 4.69) is 42.3 Å². The first-order chi connectivity index (χ1) is 15.2. The van der Waals surface area contributed by atoms with Crippen molar-refractivity contribution in [2.45, 2.75) is 57.0 Å². The number of hydrogen-bond donors (Lipinski definition) is 1. The van der Waals surface area contributed by atoms with Gasteiger partial charge in [0.2, 0.25) is 0 Å². The molecular formula is C24H32N4O3S.